The van der Waals surface area contributed by atoms with Crippen molar-refractivity contribution >= 4 is 17.7 Å². The van der Waals surface area contributed by atoms with E-state index in [0.717, 1.165) is 43.7 Å². The average Bonchev–Trinajstić information content (AvgIpc) is 3.49. The molecular formula is C22H32N5OS+. The number of nitrogens with one attached hydrogen (secondary N) is 1. The third kappa shape index (κ3) is 5.01. The molecule has 0 radical (unpaired) electrons. The number of carbonyl (C=O) groups is 1. The number of hydrogen-bond acceptors (Lipinski definition) is 4. The van der Waals surface area contributed by atoms with Gasteiger partial charge < -0.3 is 14.4 Å². The Morgan fingerprint density at radius 2 is 1.86 bits per heavy atom. The van der Waals surface area contributed by atoms with Crippen molar-refractivity contribution in [2.45, 2.75) is 57.3 Å². The summed E-state index contributed by atoms with van der Waals surface area (Å²) < 4.78 is 2.20. The van der Waals surface area contributed by atoms with E-state index in [4.69, 9.17) is 0 Å². The van der Waals surface area contributed by atoms with Gasteiger partial charge in [-0.15, -0.1) is 10.2 Å². The van der Waals surface area contributed by atoms with Gasteiger partial charge in [0.15, 0.2) is 5.16 Å². The van der Waals surface area contributed by atoms with E-state index in [-0.39, 0.29) is 5.91 Å². The minimum absolute atomic E-state index is 0.221. The molecule has 1 aromatic heterocycles. The minimum atomic E-state index is 0.221. The van der Waals surface area contributed by atoms with Gasteiger partial charge in [0.1, 0.15) is 12.4 Å². The Morgan fingerprint density at radius 1 is 1.17 bits per heavy atom. The summed E-state index contributed by atoms with van der Waals surface area (Å²) in [5, 5.41) is 9.36. The van der Waals surface area contributed by atoms with Crippen molar-refractivity contribution in [3.05, 3.63) is 41.2 Å². The third-order valence-electron chi connectivity index (χ3n) is 6.00. The Morgan fingerprint density at radius 3 is 2.48 bits per heavy atom. The fraction of sp³-hybridized carbons (Fsp3) is 0.591. The summed E-state index contributed by atoms with van der Waals surface area (Å²) in [6.07, 6.45) is 2.40. The van der Waals surface area contributed by atoms with Crippen molar-refractivity contribution in [3.8, 4) is 0 Å². The van der Waals surface area contributed by atoms with Gasteiger partial charge in [0.2, 0.25) is 5.91 Å². The van der Waals surface area contributed by atoms with Crippen molar-refractivity contribution in [3.63, 3.8) is 0 Å². The van der Waals surface area contributed by atoms with Gasteiger partial charge in [0.25, 0.3) is 0 Å². The molecule has 4 rings (SSSR count). The Bertz CT molecular complexity index is 835. The quantitative estimate of drug-likeness (QED) is 0.705. The predicted octanol–water partition coefficient (Wildman–Crippen LogP) is 2.06. The second-order valence-electron chi connectivity index (χ2n) is 8.62. The van der Waals surface area contributed by atoms with E-state index in [9.17, 15) is 4.79 Å². The van der Waals surface area contributed by atoms with Crippen LogP contribution in [-0.4, -0.2) is 57.5 Å². The average molecular weight is 415 g/mol. The van der Waals surface area contributed by atoms with E-state index in [0.29, 0.717) is 17.7 Å². The summed E-state index contributed by atoms with van der Waals surface area (Å²) in [5.41, 5.74) is 2.78. The summed E-state index contributed by atoms with van der Waals surface area (Å²) in [5.74, 6) is 2.21. The largest absolute Gasteiger partial charge is 0.331 e. The molecule has 2 aliphatic rings. The molecule has 0 unspecified atom stereocenters. The molecule has 1 amide bonds. The van der Waals surface area contributed by atoms with Crippen LogP contribution in [0.15, 0.2) is 29.4 Å². The molecule has 156 valence electrons. The maximum absolute atomic E-state index is 12.7. The van der Waals surface area contributed by atoms with Crippen LogP contribution in [0, 0.1) is 6.92 Å². The van der Waals surface area contributed by atoms with Gasteiger partial charge in [0, 0.05) is 11.6 Å². The van der Waals surface area contributed by atoms with Crippen LogP contribution in [0.4, 0.5) is 0 Å². The number of quaternary nitrogens is 1. The number of aryl methyl sites for hydroxylation is 1. The van der Waals surface area contributed by atoms with Crippen molar-refractivity contribution in [2.24, 2.45) is 0 Å². The van der Waals surface area contributed by atoms with E-state index in [1.54, 1.807) is 4.90 Å². The Balaban J connectivity index is 1.23. The molecule has 2 fully saturated rings. The van der Waals surface area contributed by atoms with Gasteiger partial charge in [0.05, 0.1) is 31.9 Å². The first-order valence-electron chi connectivity index (χ1n) is 10.8. The second-order valence-corrected chi connectivity index (χ2v) is 9.57. The molecule has 7 heteroatoms. The first-order chi connectivity index (χ1) is 14.0. The number of nitrogens with zero attached hydrogens (tertiary/aromatic N) is 4. The Hall–Kier alpha value is -1.86. The number of benzene rings is 1. The Kier molecular flexibility index (Phi) is 6.25. The van der Waals surface area contributed by atoms with Gasteiger partial charge in [-0.3, -0.25) is 4.79 Å². The highest BCUT2D eigenvalue weighted by Crippen LogP contribution is 2.38. The van der Waals surface area contributed by atoms with Crippen LogP contribution in [0.2, 0.25) is 0 Å². The van der Waals surface area contributed by atoms with Gasteiger partial charge in [-0.05, 0) is 31.2 Å². The molecule has 0 bridgehead atoms. The molecule has 1 aliphatic heterocycles. The topological polar surface area (TPSA) is 55.5 Å². The number of piperazine rings is 1. The van der Waals surface area contributed by atoms with Crippen molar-refractivity contribution in [2.75, 3.05) is 31.9 Å². The van der Waals surface area contributed by atoms with Gasteiger partial charge >= 0.3 is 0 Å². The van der Waals surface area contributed by atoms with Crippen molar-refractivity contribution < 1.29 is 9.69 Å². The summed E-state index contributed by atoms with van der Waals surface area (Å²) in [6, 6.07) is 9.56. The number of rotatable bonds is 7. The zero-order chi connectivity index (χ0) is 20.4. The van der Waals surface area contributed by atoms with Crippen LogP contribution >= 0.6 is 11.8 Å². The zero-order valence-corrected chi connectivity index (χ0v) is 18.5. The molecule has 29 heavy (non-hydrogen) atoms. The predicted molar refractivity (Wildman–Crippen MR) is 115 cm³/mol. The molecule has 1 aliphatic carbocycles. The molecule has 1 saturated carbocycles. The Labute approximate surface area is 177 Å². The van der Waals surface area contributed by atoms with Crippen molar-refractivity contribution in [1.29, 1.82) is 0 Å². The van der Waals surface area contributed by atoms with E-state index in [1.165, 1.54) is 35.7 Å². The number of hydrogen-bond donors (Lipinski definition) is 1. The molecule has 2 heterocycles. The van der Waals surface area contributed by atoms with Crippen LogP contribution in [0.5, 0.6) is 0 Å². The minimum Gasteiger partial charge on any atom is -0.331 e. The van der Waals surface area contributed by atoms with E-state index in [1.807, 2.05) is 11.8 Å². The zero-order valence-electron chi connectivity index (χ0n) is 17.7. The highest BCUT2D eigenvalue weighted by Gasteiger charge is 2.29. The molecular weight excluding hydrogens is 382 g/mol. The molecule has 1 aromatic carbocycles. The second kappa shape index (κ2) is 8.88. The number of aromatic nitrogens is 3. The maximum Gasteiger partial charge on any atom is 0.233 e. The highest BCUT2D eigenvalue weighted by atomic mass is 32.2. The number of amides is 1. The molecule has 6 nitrogen and oxygen atoms in total. The van der Waals surface area contributed by atoms with E-state index < -0.39 is 0 Å². The fourth-order valence-electron chi connectivity index (χ4n) is 3.98. The highest BCUT2D eigenvalue weighted by molar-refractivity contribution is 7.99. The molecule has 2 aromatic rings. The summed E-state index contributed by atoms with van der Waals surface area (Å²) in [4.78, 5) is 16.3. The molecule has 1 saturated heterocycles. The lowest BCUT2D eigenvalue weighted by Gasteiger charge is -2.32. The smallest absolute Gasteiger partial charge is 0.233 e. The molecule has 1 N–H and O–H groups in total. The van der Waals surface area contributed by atoms with Crippen LogP contribution in [-0.2, 0) is 11.3 Å². The van der Waals surface area contributed by atoms with Crippen LogP contribution in [0.1, 0.15) is 55.6 Å². The fourth-order valence-corrected chi connectivity index (χ4v) is 4.93. The van der Waals surface area contributed by atoms with Gasteiger partial charge in [-0.25, -0.2) is 0 Å². The van der Waals surface area contributed by atoms with Gasteiger partial charge in [-0.2, -0.15) is 0 Å². The summed E-state index contributed by atoms with van der Waals surface area (Å²) in [6.45, 7) is 11.2. The van der Waals surface area contributed by atoms with E-state index in [2.05, 4.69) is 52.9 Å². The van der Waals surface area contributed by atoms with Crippen LogP contribution < -0.4 is 4.90 Å². The number of thioether (sulfide) groups is 1. The lowest BCUT2D eigenvalue weighted by atomic mass is 10.0. The first kappa shape index (κ1) is 20.4. The SMILES string of the molecule is Cc1nnc(SCC(=O)N2CC[NH+](Cc3ccc(C(C)C)cc3)CC2)n1C1CC1. The van der Waals surface area contributed by atoms with Crippen LogP contribution in [0.25, 0.3) is 0 Å². The third-order valence-corrected chi connectivity index (χ3v) is 6.92. The molecule has 0 spiro atoms. The monoisotopic (exact) mass is 414 g/mol. The first-order valence-corrected chi connectivity index (χ1v) is 11.7. The normalized spacial score (nSPS) is 17.9. The summed E-state index contributed by atoms with van der Waals surface area (Å²) in [7, 11) is 0. The lowest BCUT2D eigenvalue weighted by Crippen LogP contribution is -3.13. The van der Waals surface area contributed by atoms with Crippen molar-refractivity contribution in [1.82, 2.24) is 19.7 Å². The lowest BCUT2D eigenvalue weighted by molar-refractivity contribution is -0.917. The standard InChI is InChI=1S/C22H31N5OS/c1-16(2)19-6-4-18(5-7-19)14-25-10-12-26(13-11-25)21(28)15-29-22-24-23-17(3)27(22)20-8-9-20/h4-7,16,20H,8-15H2,1-3H3/p+1. The van der Waals surface area contributed by atoms with Crippen LogP contribution in [0.3, 0.4) is 0 Å². The summed E-state index contributed by atoms with van der Waals surface area (Å²) >= 11 is 1.54. The maximum atomic E-state index is 12.7. The van der Waals surface area contributed by atoms with E-state index >= 15 is 0 Å². The molecule has 0 atom stereocenters. The van der Waals surface area contributed by atoms with Gasteiger partial charge in [-0.1, -0.05) is 49.9 Å². The number of carbonyl (C=O) groups excluding carboxylic acids is 1.